The summed E-state index contributed by atoms with van der Waals surface area (Å²) < 4.78 is 13.3. The normalized spacial score (nSPS) is 26.9. The molecule has 0 unspecified atom stereocenters. The van der Waals surface area contributed by atoms with E-state index in [0.717, 1.165) is 25.9 Å². The van der Waals surface area contributed by atoms with Gasteiger partial charge in [0, 0.05) is 58.3 Å². The number of anilines is 1. The number of benzene rings is 1. The minimum atomic E-state index is -0.758. The predicted octanol–water partition coefficient (Wildman–Crippen LogP) is 3.10. The van der Waals surface area contributed by atoms with Crippen molar-refractivity contribution in [3.8, 4) is 0 Å². The van der Waals surface area contributed by atoms with Crippen LogP contribution in [-0.2, 0) is 23.7 Å². The summed E-state index contributed by atoms with van der Waals surface area (Å²) in [6.07, 6.45) is 4.70. The number of aliphatic imine (C=N–C) groups is 1. The molecular formula is C37H60BN7O5. The molecule has 2 aliphatic heterocycles. The number of carbonyl (C=O) groups is 3. The fourth-order valence-electron chi connectivity index (χ4n) is 8.65. The van der Waals surface area contributed by atoms with Crippen LogP contribution in [0.3, 0.4) is 0 Å². The Morgan fingerprint density at radius 2 is 1.74 bits per heavy atom. The van der Waals surface area contributed by atoms with Gasteiger partial charge in [-0.25, -0.2) is 0 Å². The molecule has 6 rings (SSSR count). The van der Waals surface area contributed by atoms with Gasteiger partial charge in [-0.1, -0.05) is 45.9 Å². The number of nitrogens with two attached hydrogens (primary N) is 1. The maximum absolute atomic E-state index is 13.9. The number of carbonyl (C=O) groups excluding carboxylic acids is 3. The maximum atomic E-state index is 13.9. The Bertz CT molecular complexity index is 1350. The molecule has 0 aromatic heterocycles. The topological polar surface area (TPSA) is 151 Å². The minimum absolute atomic E-state index is 0.0125. The number of guanidine groups is 1. The van der Waals surface area contributed by atoms with Crippen LogP contribution in [0.15, 0.2) is 35.3 Å². The third-order valence-corrected chi connectivity index (χ3v) is 11.8. The van der Waals surface area contributed by atoms with Crippen molar-refractivity contribution in [1.29, 1.82) is 0 Å². The number of amides is 3. The summed E-state index contributed by atoms with van der Waals surface area (Å²) in [7, 11) is 1.06. The molecule has 5 aliphatic rings. The van der Waals surface area contributed by atoms with Gasteiger partial charge in [-0.05, 0) is 80.8 Å². The second-order valence-corrected chi connectivity index (χ2v) is 15.9. The minimum Gasteiger partial charge on any atom is -0.404 e. The number of piperazine rings is 1. The molecule has 1 aromatic carbocycles. The molecule has 0 spiro atoms. The van der Waals surface area contributed by atoms with Crippen LogP contribution in [0, 0.1) is 23.2 Å². The zero-order valence-electron chi connectivity index (χ0n) is 31.1. The Morgan fingerprint density at radius 1 is 1.02 bits per heavy atom. The van der Waals surface area contributed by atoms with Crippen molar-refractivity contribution in [1.82, 2.24) is 20.9 Å². The van der Waals surface area contributed by atoms with Crippen molar-refractivity contribution >= 4 is 36.5 Å². The first kappa shape index (κ1) is 37.9. The van der Waals surface area contributed by atoms with Crippen LogP contribution in [0.5, 0.6) is 0 Å². The van der Waals surface area contributed by atoms with Crippen molar-refractivity contribution in [2.75, 3.05) is 44.7 Å². The van der Waals surface area contributed by atoms with Crippen molar-refractivity contribution in [2.45, 2.75) is 110 Å². The van der Waals surface area contributed by atoms with Crippen molar-refractivity contribution in [3.05, 3.63) is 30.3 Å². The van der Waals surface area contributed by atoms with E-state index in [9.17, 15) is 14.4 Å². The van der Waals surface area contributed by atoms with Crippen LogP contribution in [0.4, 0.5) is 5.69 Å². The quantitative estimate of drug-likeness (QED) is 0.0948. The first-order valence-electron chi connectivity index (χ1n) is 18.8. The average Bonchev–Trinajstić information content (AvgIpc) is 3.46. The number of nitrogens with one attached hydrogen (secondary N) is 3. The highest BCUT2D eigenvalue weighted by atomic mass is 16.7. The first-order valence-corrected chi connectivity index (χ1v) is 18.8. The molecule has 0 radical (unpaired) electrons. The predicted molar refractivity (Wildman–Crippen MR) is 197 cm³/mol. The zero-order chi connectivity index (χ0) is 36.1. The summed E-state index contributed by atoms with van der Waals surface area (Å²) in [6, 6.07) is 9.47. The average molecular weight is 694 g/mol. The highest BCUT2D eigenvalue weighted by molar-refractivity contribution is 6.48. The number of nitrogens with zero attached hydrogens (tertiary/aromatic N) is 3. The van der Waals surface area contributed by atoms with Crippen LogP contribution < -0.4 is 26.6 Å². The van der Waals surface area contributed by atoms with Gasteiger partial charge in [-0.3, -0.25) is 19.4 Å². The van der Waals surface area contributed by atoms with Gasteiger partial charge in [0.2, 0.25) is 17.7 Å². The molecule has 1 aromatic rings. The summed E-state index contributed by atoms with van der Waals surface area (Å²) in [6.45, 7) is 14.5. The molecule has 2 saturated heterocycles. The lowest BCUT2D eigenvalue weighted by atomic mass is 9.43. The summed E-state index contributed by atoms with van der Waals surface area (Å²) >= 11 is 0. The third-order valence-electron chi connectivity index (χ3n) is 11.8. The molecule has 276 valence electrons. The maximum Gasteiger partial charge on any atom is 0.481 e. The molecule has 12 nitrogen and oxygen atoms in total. The van der Waals surface area contributed by atoms with E-state index in [-0.39, 0.29) is 47.2 Å². The fourth-order valence-corrected chi connectivity index (χ4v) is 8.65. The largest absolute Gasteiger partial charge is 0.481 e. The SMILES string of the molecule is CN=C(N)NCCC[C@H](NC(=O)CCCC(=O)N1CCN(c2ccccc2)CC1)C(=O)N[C@@H](CC(C)C)B1O[C@@H]2C[C@@H]3C[C@@H](C3(C)C)[C@]2(C)O1. The Hall–Kier alpha value is -3.32. The summed E-state index contributed by atoms with van der Waals surface area (Å²) in [5, 5.41) is 9.23. The van der Waals surface area contributed by atoms with E-state index in [4.69, 9.17) is 15.0 Å². The number of para-hydroxylation sites is 1. The Morgan fingerprint density at radius 3 is 2.40 bits per heavy atom. The summed E-state index contributed by atoms with van der Waals surface area (Å²) in [5.41, 5.74) is 6.80. The third kappa shape index (κ3) is 8.76. The standard InChI is InChI=1S/C37H60BN7O5/c1-25(2)22-31(38-49-30-24-26-23-29(36(26,3)4)37(30,5)50-38)43-34(48)28(14-11-17-41-35(39)40-6)42-32(46)15-10-16-33(47)45-20-18-44(19-21-45)27-12-8-7-9-13-27/h7-9,12-13,25-26,28-31H,10-11,14-24H2,1-6H3,(H,42,46)(H,43,48)(H3,39,40,41)/t26-,28-,29-,30+,31-,37-/m0/s1. The molecule has 2 heterocycles. The van der Waals surface area contributed by atoms with Gasteiger partial charge in [-0.2, -0.15) is 0 Å². The molecular weight excluding hydrogens is 633 g/mol. The zero-order valence-corrected chi connectivity index (χ0v) is 31.1. The molecule has 5 N–H and O–H groups in total. The van der Waals surface area contributed by atoms with E-state index in [1.165, 1.54) is 5.69 Å². The Balaban J connectivity index is 1.14. The number of hydrogen-bond acceptors (Lipinski definition) is 7. The summed E-state index contributed by atoms with van der Waals surface area (Å²) in [4.78, 5) is 48.2. The molecule has 13 heteroatoms. The summed E-state index contributed by atoms with van der Waals surface area (Å²) in [5.74, 6) is 0.865. The van der Waals surface area contributed by atoms with Crippen molar-refractivity contribution < 1.29 is 23.7 Å². The molecule has 2 bridgehead atoms. The van der Waals surface area contributed by atoms with E-state index in [0.29, 0.717) is 75.5 Å². The van der Waals surface area contributed by atoms with Gasteiger partial charge in [0.1, 0.15) is 6.04 Å². The van der Waals surface area contributed by atoms with Gasteiger partial charge in [0.05, 0.1) is 17.6 Å². The second kappa shape index (κ2) is 16.4. The van der Waals surface area contributed by atoms with Gasteiger partial charge < -0.3 is 40.8 Å². The highest BCUT2D eigenvalue weighted by Gasteiger charge is 2.68. The van der Waals surface area contributed by atoms with Gasteiger partial charge in [0.25, 0.3) is 0 Å². The van der Waals surface area contributed by atoms with Crippen molar-refractivity contribution in [3.63, 3.8) is 0 Å². The van der Waals surface area contributed by atoms with E-state index >= 15 is 0 Å². The van der Waals surface area contributed by atoms with E-state index < -0.39 is 13.2 Å². The van der Waals surface area contributed by atoms with E-state index in [2.05, 4.69) is 72.6 Å². The van der Waals surface area contributed by atoms with Crippen LogP contribution in [-0.4, -0.2) is 99.2 Å². The monoisotopic (exact) mass is 693 g/mol. The van der Waals surface area contributed by atoms with Gasteiger partial charge >= 0.3 is 7.12 Å². The molecule has 6 atom stereocenters. The highest BCUT2D eigenvalue weighted by Crippen LogP contribution is 2.65. The lowest BCUT2D eigenvalue weighted by Gasteiger charge is -2.64. The fraction of sp³-hybridized carbons (Fsp3) is 0.730. The van der Waals surface area contributed by atoms with Gasteiger partial charge in [-0.15, -0.1) is 0 Å². The Labute approximate surface area is 299 Å². The smallest absolute Gasteiger partial charge is 0.404 e. The van der Waals surface area contributed by atoms with Crippen LogP contribution in [0.25, 0.3) is 0 Å². The van der Waals surface area contributed by atoms with Crippen LogP contribution in [0.1, 0.15) is 86.0 Å². The lowest BCUT2D eigenvalue weighted by Crippen LogP contribution is -2.65. The lowest BCUT2D eigenvalue weighted by molar-refractivity contribution is -0.199. The van der Waals surface area contributed by atoms with Crippen molar-refractivity contribution in [2.24, 2.45) is 33.9 Å². The van der Waals surface area contributed by atoms with Gasteiger partial charge in [0.15, 0.2) is 5.96 Å². The molecule has 3 aliphatic carbocycles. The van der Waals surface area contributed by atoms with E-state index in [1.807, 2.05) is 23.1 Å². The number of hydrogen-bond donors (Lipinski definition) is 4. The van der Waals surface area contributed by atoms with Crippen LogP contribution >= 0.6 is 0 Å². The molecule has 5 fully saturated rings. The Kier molecular flexibility index (Phi) is 12.4. The molecule has 3 saturated carbocycles. The van der Waals surface area contributed by atoms with E-state index in [1.54, 1.807) is 7.05 Å². The van der Waals surface area contributed by atoms with Crippen LogP contribution in [0.2, 0.25) is 0 Å². The molecule has 3 amide bonds. The number of rotatable bonds is 15. The first-order chi connectivity index (χ1) is 23.8. The second-order valence-electron chi connectivity index (χ2n) is 15.9. The molecule has 50 heavy (non-hydrogen) atoms.